The van der Waals surface area contributed by atoms with Crippen molar-refractivity contribution in [1.29, 1.82) is 0 Å². The fourth-order valence-corrected chi connectivity index (χ4v) is 2.03. The van der Waals surface area contributed by atoms with E-state index in [2.05, 4.69) is 29.1 Å². The van der Waals surface area contributed by atoms with Gasteiger partial charge in [0.2, 0.25) is 0 Å². The van der Waals surface area contributed by atoms with Crippen molar-refractivity contribution in [2.75, 3.05) is 0 Å². The highest BCUT2D eigenvalue weighted by Crippen LogP contribution is 2.21. The van der Waals surface area contributed by atoms with Gasteiger partial charge in [0.15, 0.2) is 0 Å². The summed E-state index contributed by atoms with van der Waals surface area (Å²) in [6.07, 6.45) is 0. The average Bonchev–Trinajstić information content (AvgIpc) is 2.54. The van der Waals surface area contributed by atoms with Crippen LogP contribution in [-0.2, 0) is 12.3 Å². The Morgan fingerprint density at radius 1 is 1.50 bits per heavy atom. The van der Waals surface area contributed by atoms with Crippen molar-refractivity contribution in [2.24, 2.45) is 0 Å². The van der Waals surface area contributed by atoms with E-state index in [1.54, 1.807) is 0 Å². The van der Waals surface area contributed by atoms with Crippen molar-refractivity contribution in [2.45, 2.75) is 19.2 Å². The maximum atomic E-state index is 5.90. The quantitative estimate of drug-likeness (QED) is 0.779. The van der Waals surface area contributed by atoms with Gasteiger partial charge < -0.3 is 4.57 Å². The van der Waals surface area contributed by atoms with Gasteiger partial charge in [0.25, 0.3) is 0 Å². The number of rotatable bonds is 2. The molecule has 14 heavy (non-hydrogen) atoms. The first-order valence-corrected chi connectivity index (χ1v) is 5.52. The van der Waals surface area contributed by atoms with E-state index >= 15 is 0 Å². The van der Waals surface area contributed by atoms with Gasteiger partial charge >= 0.3 is 0 Å². The molecule has 0 amide bonds. The minimum atomic E-state index is 0.653. The largest absolute Gasteiger partial charge is 0.328 e. The van der Waals surface area contributed by atoms with Crippen LogP contribution in [-0.4, -0.2) is 9.55 Å². The van der Waals surface area contributed by atoms with Crippen molar-refractivity contribution >= 4 is 35.3 Å². The zero-order valence-electron chi connectivity index (χ0n) is 7.87. The molecule has 1 heterocycles. The van der Waals surface area contributed by atoms with Crippen LogP contribution >= 0.6 is 24.2 Å². The standard InChI is InChI=1S/C10H11ClN2S/c1-2-13-9-4-3-7(11)5-8(9)12-10(13)6-14/h3-5,14H,2,6H2,1H3. The van der Waals surface area contributed by atoms with E-state index in [-0.39, 0.29) is 0 Å². The van der Waals surface area contributed by atoms with Gasteiger partial charge in [0.05, 0.1) is 11.0 Å². The molecular formula is C10H11ClN2S. The van der Waals surface area contributed by atoms with Gasteiger partial charge in [0.1, 0.15) is 5.82 Å². The number of aromatic nitrogens is 2. The summed E-state index contributed by atoms with van der Waals surface area (Å²) in [6, 6.07) is 5.77. The second-order valence-corrected chi connectivity index (χ2v) is 3.82. The Hall–Kier alpha value is -0.670. The fraction of sp³-hybridized carbons (Fsp3) is 0.300. The topological polar surface area (TPSA) is 17.8 Å². The lowest BCUT2D eigenvalue weighted by molar-refractivity contribution is 0.749. The van der Waals surface area contributed by atoms with Crippen molar-refractivity contribution < 1.29 is 0 Å². The predicted molar refractivity (Wildman–Crippen MR) is 63.1 cm³/mol. The maximum Gasteiger partial charge on any atom is 0.119 e. The maximum absolute atomic E-state index is 5.90. The summed E-state index contributed by atoms with van der Waals surface area (Å²) >= 11 is 10.2. The second kappa shape index (κ2) is 3.83. The molecule has 1 aromatic heterocycles. The number of imidazole rings is 1. The summed E-state index contributed by atoms with van der Waals surface area (Å²) in [5.74, 6) is 1.65. The van der Waals surface area contributed by atoms with Gasteiger partial charge in [0, 0.05) is 17.3 Å². The van der Waals surface area contributed by atoms with Gasteiger partial charge in [-0.3, -0.25) is 0 Å². The summed E-state index contributed by atoms with van der Waals surface area (Å²) < 4.78 is 2.15. The van der Waals surface area contributed by atoms with Gasteiger partial charge in [-0.05, 0) is 25.1 Å². The zero-order chi connectivity index (χ0) is 10.1. The summed E-state index contributed by atoms with van der Waals surface area (Å²) in [7, 11) is 0. The predicted octanol–water partition coefficient (Wildman–Crippen LogP) is 3.14. The van der Waals surface area contributed by atoms with Crippen LogP contribution in [0.3, 0.4) is 0 Å². The molecule has 0 aliphatic carbocycles. The summed E-state index contributed by atoms with van der Waals surface area (Å²) in [4.78, 5) is 4.46. The van der Waals surface area contributed by atoms with Crippen molar-refractivity contribution in [3.63, 3.8) is 0 Å². The molecule has 0 spiro atoms. The van der Waals surface area contributed by atoms with Crippen molar-refractivity contribution in [1.82, 2.24) is 9.55 Å². The highest BCUT2D eigenvalue weighted by atomic mass is 35.5. The van der Waals surface area contributed by atoms with Crippen LogP contribution in [0.5, 0.6) is 0 Å². The highest BCUT2D eigenvalue weighted by Gasteiger charge is 2.07. The van der Waals surface area contributed by atoms with Crippen LogP contribution in [0.1, 0.15) is 12.7 Å². The smallest absolute Gasteiger partial charge is 0.119 e. The van der Waals surface area contributed by atoms with E-state index in [0.29, 0.717) is 5.75 Å². The molecule has 0 saturated heterocycles. The monoisotopic (exact) mass is 226 g/mol. The van der Waals surface area contributed by atoms with Gasteiger partial charge in [-0.15, -0.1) is 0 Å². The lowest BCUT2D eigenvalue weighted by atomic mass is 10.3. The van der Waals surface area contributed by atoms with Crippen LogP contribution in [0.25, 0.3) is 11.0 Å². The second-order valence-electron chi connectivity index (χ2n) is 3.06. The zero-order valence-corrected chi connectivity index (χ0v) is 9.52. The number of nitrogens with zero attached hydrogens (tertiary/aromatic N) is 2. The molecule has 0 fully saturated rings. The number of benzene rings is 1. The molecule has 74 valence electrons. The van der Waals surface area contributed by atoms with E-state index in [9.17, 15) is 0 Å². The van der Waals surface area contributed by atoms with Crippen molar-refractivity contribution in [3.05, 3.63) is 29.0 Å². The molecule has 0 radical (unpaired) electrons. The Morgan fingerprint density at radius 2 is 2.29 bits per heavy atom. The Kier molecular flexibility index (Phi) is 2.70. The molecule has 1 aromatic carbocycles. The minimum Gasteiger partial charge on any atom is -0.328 e. The van der Waals surface area contributed by atoms with Crippen LogP contribution in [0.4, 0.5) is 0 Å². The number of halogens is 1. The molecule has 2 aromatic rings. The fourth-order valence-electron chi connectivity index (χ4n) is 1.63. The molecule has 0 unspecified atom stereocenters. The summed E-state index contributed by atoms with van der Waals surface area (Å²) in [5, 5.41) is 0.726. The van der Waals surface area contributed by atoms with E-state index in [1.165, 1.54) is 0 Å². The number of fused-ring (bicyclic) bond motifs is 1. The Bertz CT molecular complexity index is 464. The normalized spacial score (nSPS) is 11.1. The number of hydrogen-bond acceptors (Lipinski definition) is 2. The Morgan fingerprint density at radius 3 is 2.93 bits per heavy atom. The van der Waals surface area contributed by atoms with Crippen LogP contribution in [0.15, 0.2) is 18.2 Å². The van der Waals surface area contributed by atoms with Gasteiger partial charge in [-0.1, -0.05) is 11.6 Å². The molecular weight excluding hydrogens is 216 g/mol. The molecule has 0 aliphatic rings. The van der Waals surface area contributed by atoms with Crippen LogP contribution in [0, 0.1) is 0 Å². The lowest BCUT2D eigenvalue weighted by Gasteiger charge is -2.02. The molecule has 4 heteroatoms. The Labute approximate surface area is 93.3 Å². The first kappa shape index (κ1) is 9.87. The van der Waals surface area contributed by atoms with Gasteiger partial charge in [-0.25, -0.2) is 4.98 Å². The minimum absolute atomic E-state index is 0.653. The third-order valence-electron chi connectivity index (χ3n) is 2.25. The third-order valence-corrected chi connectivity index (χ3v) is 2.76. The van der Waals surface area contributed by atoms with E-state index < -0.39 is 0 Å². The number of hydrogen-bond donors (Lipinski definition) is 1. The molecule has 2 nitrogen and oxygen atoms in total. The van der Waals surface area contributed by atoms with Crippen LogP contribution < -0.4 is 0 Å². The first-order valence-electron chi connectivity index (χ1n) is 4.51. The van der Waals surface area contributed by atoms with E-state index in [4.69, 9.17) is 11.6 Å². The van der Waals surface area contributed by atoms with E-state index in [1.807, 2.05) is 18.2 Å². The number of thiol groups is 1. The molecule has 0 atom stereocenters. The number of aryl methyl sites for hydroxylation is 1. The van der Waals surface area contributed by atoms with Gasteiger partial charge in [-0.2, -0.15) is 12.6 Å². The van der Waals surface area contributed by atoms with Crippen LogP contribution in [0.2, 0.25) is 5.02 Å². The summed E-state index contributed by atoms with van der Waals surface area (Å²) in [6.45, 7) is 3.01. The van der Waals surface area contributed by atoms with Crippen molar-refractivity contribution in [3.8, 4) is 0 Å². The molecule has 2 rings (SSSR count). The lowest BCUT2D eigenvalue weighted by Crippen LogP contribution is -1.98. The highest BCUT2D eigenvalue weighted by molar-refractivity contribution is 7.79. The summed E-state index contributed by atoms with van der Waals surface area (Å²) in [5.41, 5.74) is 2.07. The molecule has 0 aliphatic heterocycles. The SMILES string of the molecule is CCn1c(CS)nc2cc(Cl)ccc21. The van der Waals surface area contributed by atoms with E-state index in [0.717, 1.165) is 28.4 Å². The first-order chi connectivity index (χ1) is 6.76. The third kappa shape index (κ3) is 1.51. The molecule has 0 bridgehead atoms. The molecule has 0 saturated carbocycles. The Balaban J connectivity index is 2.73. The molecule has 0 N–H and O–H groups in total. The average molecular weight is 227 g/mol.